The van der Waals surface area contributed by atoms with Gasteiger partial charge < -0.3 is 9.47 Å². The Morgan fingerprint density at radius 2 is 2.00 bits per heavy atom. The van der Waals surface area contributed by atoms with Crippen molar-refractivity contribution < 1.29 is 14.3 Å². The van der Waals surface area contributed by atoms with Gasteiger partial charge in [0, 0.05) is 10.5 Å². The maximum Gasteiger partial charge on any atom is 0.154 e. The molecule has 0 saturated carbocycles. The molecular weight excluding hydrogens is 236 g/mol. The third kappa shape index (κ3) is 2.01. The van der Waals surface area contributed by atoms with Crippen LogP contribution in [0, 0.1) is 0 Å². The number of hydrogen-bond donors (Lipinski definition) is 0. The molecule has 0 aliphatic rings. The molecule has 0 unspecified atom stereocenters. The molecule has 70 valence electrons. The summed E-state index contributed by atoms with van der Waals surface area (Å²) in [6.07, 6.45) is 0.738. The van der Waals surface area contributed by atoms with Crippen LogP contribution in [0.2, 0.25) is 0 Å². The Bertz CT molecular complexity index is 323. The number of rotatable bonds is 3. The molecule has 0 N–H and O–H groups in total. The van der Waals surface area contributed by atoms with Crippen molar-refractivity contribution >= 4 is 22.2 Å². The molecular formula is C9H9BrO3. The van der Waals surface area contributed by atoms with Gasteiger partial charge in [0.25, 0.3) is 0 Å². The largest absolute Gasteiger partial charge is 0.497 e. The van der Waals surface area contributed by atoms with Crippen LogP contribution in [-0.4, -0.2) is 20.5 Å². The lowest BCUT2D eigenvalue weighted by Crippen LogP contribution is -1.93. The number of halogens is 1. The fourth-order valence-electron chi connectivity index (χ4n) is 0.970. The summed E-state index contributed by atoms with van der Waals surface area (Å²) in [5.74, 6) is 1.15. The van der Waals surface area contributed by atoms with E-state index in [1.165, 1.54) is 7.11 Å². The number of hydrogen-bond acceptors (Lipinski definition) is 3. The maximum absolute atomic E-state index is 10.7. The maximum atomic E-state index is 10.7. The molecule has 0 heterocycles. The Labute approximate surface area is 84.8 Å². The van der Waals surface area contributed by atoms with Crippen LogP contribution < -0.4 is 9.47 Å². The SMILES string of the molecule is COc1cc(Br)c(C=O)c(OC)c1. The number of aldehydes is 1. The molecule has 0 bridgehead atoms. The minimum atomic E-state index is 0.489. The molecule has 1 aromatic carbocycles. The summed E-state index contributed by atoms with van der Waals surface area (Å²) in [6.45, 7) is 0. The molecule has 0 atom stereocenters. The predicted molar refractivity (Wildman–Crippen MR) is 52.6 cm³/mol. The normalized spacial score (nSPS) is 9.46. The van der Waals surface area contributed by atoms with E-state index in [0.717, 1.165) is 6.29 Å². The van der Waals surface area contributed by atoms with Crippen molar-refractivity contribution in [3.05, 3.63) is 22.2 Å². The van der Waals surface area contributed by atoms with E-state index in [0.29, 0.717) is 21.5 Å². The first-order valence-corrected chi connectivity index (χ1v) is 4.39. The second-order valence-corrected chi connectivity index (χ2v) is 3.20. The average Bonchev–Trinajstić information content (AvgIpc) is 2.16. The Hall–Kier alpha value is -1.03. The Morgan fingerprint density at radius 1 is 1.31 bits per heavy atom. The van der Waals surface area contributed by atoms with Gasteiger partial charge in [-0.25, -0.2) is 0 Å². The zero-order valence-electron chi connectivity index (χ0n) is 7.33. The van der Waals surface area contributed by atoms with Gasteiger partial charge in [-0.15, -0.1) is 0 Å². The fourth-order valence-corrected chi connectivity index (χ4v) is 1.48. The first kappa shape index (κ1) is 10.1. The van der Waals surface area contributed by atoms with Crippen LogP contribution in [0.1, 0.15) is 10.4 Å². The second-order valence-electron chi connectivity index (χ2n) is 2.34. The van der Waals surface area contributed by atoms with Gasteiger partial charge in [0.15, 0.2) is 6.29 Å². The van der Waals surface area contributed by atoms with E-state index in [4.69, 9.17) is 9.47 Å². The summed E-state index contributed by atoms with van der Waals surface area (Å²) < 4.78 is 10.7. The van der Waals surface area contributed by atoms with Crippen LogP contribution in [0.3, 0.4) is 0 Å². The van der Waals surface area contributed by atoms with Crippen LogP contribution in [0.25, 0.3) is 0 Å². The number of ether oxygens (including phenoxy) is 2. The monoisotopic (exact) mass is 244 g/mol. The molecule has 0 amide bonds. The molecule has 0 radical (unpaired) electrons. The second kappa shape index (κ2) is 4.28. The molecule has 0 aromatic heterocycles. The number of carbonyl (C=O) groups is 1. The van der Waals surface area contributed by atoms with E-state index in [-0.39, 0.29) is 0 Å². The molecule has 1 rings (SSSR count). The highest BCUT2D eigenvalue weighted by Gasteiger charge is 2.08. The van der Waals surface area contributed by atoms with E-state index < -0.39 is 0 Å². The van der Waals surface area contributed by atoms with Gasteiger partial charge in [0.2, 0.25) is 0 Å². The van der Waals surface area contributed by atoms with E-state index in [1.54, 1.807) is 19.2 Å². The Kier molecular flexibility index (Phi) is 3.31. The van der Waals surface area contributed by atoms with Crippen molar-refractivity contribution in [1.29, 1.82) is 0 Å². The van der Waals surface area contributed by atoms with E-state index in [1.807, 2.05) is 0 Å². The standard InChI is InChI=1S/C9H9BrO3/c1-12-6-3-8(10)7(5-11)9(4-6)13-2/h3-5H,1-2H3. The van der Waals surface area contributed by atoms with Gasteiger partial charge in [0.1, 0.15) is 11.5 Å². The predicted octanol–water partition coefficient (Wildman–Crippen LogP) is 2.28. The van der Waals surface area contributed by atoms with Gasteiger partial charge in [-0.2, -0.15) is 0 Å². The van der Waals surface area contributed by atoms with Gasteiger partial charge in [0.05, 0.1) is 19.8 Å². The summed E-state index contributed by atoms with van der Waals surface area (Å²) in [5.41, 5.74) is 0.489. The summed E-state index contributed by atoms with van der Waals surface area (Å²) in [7, 11) is 3.07. The van der Waals surface area contributed by atoms with Crippen molar-refractivity contribution in [3.8, 4) is 11.5 Å². The van der Waals surface area contributed by atoms with E-state index >= 15 is 0 Å². The quantitative estimate of drug-likeness (QED) is 0.766. The molecule has 0 aliphatic carbocycles. The van der Waals surface area contributed by atoms with Gasteiger partial charge in [-0.1, -0.05) is 0 Å². The zero-order valence-corrected chi connectivity index (χ0v) is 8.92. The van der Waals surface area contributed by atoms with Gasteiger partial charge in [-0.05, 0) is 22.0 Å². The van der Waals surface area contributed by atoms with E-state index in [2.05, 4.69) is 15.9 Å². The van der Waals surface area contributed by atoms with Crippen LogP contribution in [0.15, 0.2) is 16.6 Å². The third-order valence-electron chi connectivity index (χ3n) is 1.64. The van der Waals surface area contributed by atoms with E-state index in [9.17, 15) is 4.79 Å². The van der Waals surface area contributed by atoms with Crippen molar-refractivity contribution in [1.82, 2.24) is 0 Å². The lowest BCUT2D eigenvalue weighted by molar-refractivity contribution is 0.112. The van der Waals surface area contributed by atoms with Crippen LogP contribution in [0.4, 0.5) is 0 Å². The summed E-state index contributed by atoms with van der Waals surface area (Å²) in [4.78, 5) is 10.7. The molecule has 0 aliphatic heterocycles. The smallest absolute Gasteiger partial charge is 0.154 e. The van der Waals surface area contributed by atoms with Gasteiger partial charge >= 0.3 is 0 Å². The Balaban J connectivity index is 3.28. The first-order chi connectivity index (χ1) is 6.22. The topological polar surface area (TPSA) is 35.5 Å². The molecule has 0 fully saturated rings. The van der Waals surface area contributed by atoms with Crippen LogP contribution in [-0.2, 0) is 0 Å². The lowest BCUT2D eigenvalue weighted by atomic mass is 10.2. The molecule has 13 heavy (non-hydrogen) atoms. The van der Waals surface area contributed by atoms with Crippen molar-refractivity contribution in [2.75, 3.05) is 14.2 Å². The highest BCUT2D eigenvalue weighted by molar-refractivity contribution is 9.10. The summed E-state index contributed by atoms with van der Waals surface area (Å²) in [5, 5.41) is 0. The molecule has 1 aromatic rings. The molecule has 0 saturated heterocycles. The number of carbonyl (C=O) groups excluding carboxylic acids is 1. The van der Waals surface area contributed by atoms with Crippen molar-refractivity contribution in [3.63, 3.8) is 0 Å². The zero-order chi connectivity index (χ0) is 9.84. The fraction of sp³-hybridized carbons (Fsp3) is 0.222. The minimum Gasteiger partial charge on any atom is -0.497 e. The molecule has 3 nitrogen and oxygen atoms in total. The Morgan fingerprint density at radius 3 is 2.46 bits per heavy atom. The van der Waals surface area contributed by atoms with Gasteiger partial charge in [-0.3, -0.25) is 4.79 Å². The number of methoxy groups -OCH3 is 2. The summed E-state index contributed by atoms with van der Waals surface area (Å²) in [6, 6.07) is 3.38. The van der Waals surface area contributed by atoms with Crippen LogP contribution >= 0.6 is 15.9 Å². The molecule has 4 heteroatoms. The lowest BCUT2D eigenvalue weighted by Gasteiger charge is -2.07. The summed E-state index contributed by atoms with van der Waals surface area (Å²) >= 11 is 3.25. The highest BCUT2D eigenvalue weighted by Crippen LogP contribution is 2.30. The number of benzene rings is 1. The highest BCUT2D eigenvalue weighted by atomic mass is 79.9. The average molecular weight is 245 g/mol. The first-order valence-electron chi connectivity index (χ1n) is 3.59. The van der Waals surface area contributed by atoms with Crippen molar-refractivity contribution in [2.24, 2.45) is 0 Å². The van der Waals surface area contributed by atoms with Crippen molar-refractivity contribution in [2.45, 2.75) is 0 Å². The minimum absolute atomic E-state index is 0.489. The van der Waals surface area contributed by atoms with Crippen LogP contribution in [0.5, 0.6) is 11.5 Å². The third-order valence-corrected chi connectivity index (χ3v) is 2.29. The molecule has 0 spiro atoms.